The number of amides is 1. The number of nitrogens with zero attached hydrogens (tertiary/aromatic N) is 3. The van der Waals surface area contributed by atoms with Crippen LogP contribution in [0.2, 0.25) is 5.02 Å². The predicted octanol–water partition coefficient (Wildman–Crippen LogP) is 4.93. The third-order valence-corrected chi connectivity index (χ3v) is 5.96. The number of benzene rings is 2. The summed E-state index contributed by atoms with van der Waals surface area (Å²) < 4.78 is 7.37. The van der Waals surface area contributed by atoms with E-state index >= 15 is 0 Å². The van der Waals surface area contributed by atoms with Crippen molar-refractivity contribution in [3.63, 3.8) is 0 Å². The number of nitrogens with one attached hydrogen (secondary N) is 1. The molecule has 29 heavy (non-hydrogen) atoms. The predicted molar refractivity (Wildman–Crippen MR) is 115 cm³/mol. The fourth-order valence-electron chi connectivity index (χ4n) is 3.01. The molecule has 150 valence electrons. The van der Waals surface area contributed by atoms with Crippen LogP contribution in [0.1, 0.15) is 31.5 Å². The molecule has 0 spiro atoms. The van der Waals surface area contributed by atoms with Crippen molar-refractivity contribution in [2.24, 2.45) is 0 Å². The number of ether oxygens (including phenoxy) is 1. The lowest BCUT2D eigenvalue weighted by atomic mass is 10.3. The summed E-state index contributed by atoms with van der Waals surface area (Å²) in [5, 5.41) is 12.5. The van der Waals surface area contributed by atoms with Crippen LogP contribution in [0.3, 0.4) is 0 Å². The highest BCUT2D eigenvalue weighted by molar-refractivity contribution is 8.00. The number of halogens is 1. The SMILES string of the molecule is COc1ccc(Cl)cc1NC(=O)C(C)Sc1nnc(C2CC2)n1-c1ccccc1. The maximum Gasteiger partial charge on any atom is 0.237 e. The monoisotopic (exact) mass is 428 g/mol. The maximum absolute atomic E-state index is 12.8. The molecule has 1 atom stereocenters. The lowest BCUT2D eigenvalue weighted by Crippen LogP contribution is -2.23. The Hall–Kier alpha value is -2.51. The lowest BCUT2D eigenvalue weighted by molar-refractivity contribution is -0.115. The molecule has 1 heterocycles. The Labute approximate surface area is 178 Å². The summed E-state index contributed by atoms with van der Waals surface area (Å²) in [4.78, 5) is 12.8. The number of carbonyl (C=O) groups excluding carboxylic acids is 1. The summed E-state index contributed by atoms with van der Waals surface area (Å²) in [6, 6.07) is 15.1. The number of hydrogen-bond donors (Lipinski definition) is 1. The van der Waals surface area contributed by atoms with Gasteiger partial charge in [-0.3, -0.25) is 9.36 Å². The molecule has 6 nitrogen and oxygen atoms in total. The normalized spacial score (nSPS) is 14.4. The van der Waals surface area contributed by atoms with Gasteiger partial charge in [0.15, 0.2) is 5.16 Å². The van der Waals surface area contributed by atoms with E-state index in [9.17, 15) is 4.79 Å². The molecule has 0 radical (unpaired) electrons. The Bertz CT molecular complexity index is 1020. The smallest absolute Gasteiger partial charge is 0.237 e. The number of hydrogen-bond acceptors (Lipinski definition) is 5. The van der Waals surface area contributed by atoms with Crippen LogP contribution in [0.5, 0.6) is 5.75 Å². The minimum Gasteiger partial charge on any atom is -0.495 e. The average molecular weight is 429 g/mol. The van der Waals surface area contributed by atoms with Gasteiger partial charge in [0, 0.05) is 16.6 Å². The van der Waals surface area contributed by atoms with E-state index in [1.165, 1.54) is 11.8 Å². The molecule has 1 amide bonds. The average Bonchev–Trinajstić information content (AvgIpc) is 3.49. The van der Waals surface area contributed by atoms with E-state index in [1.807, 2.05) is 37.3 Å². The van der Waals surface area contributed by atoms with Crippen molar-refractivity contribution >= 4 is 35.0 Å². The largest absolute Gasteiger partial charge is 0.495 e. The molecule has 2 aromatic carbocycles. The van der Waals surface area contributed by atoms with Gasteiger partial charge in [-0.15, -0.1) is 10.2 Å². The molecule has 3 aromatic rings. The molecular formula is C21H21ClN4O2S. The van der Waals surface area contributed by atoms with Crippen LogP contribution in [0.25, 0.3) is 5.69 Å². The zero-order chi connectivity index (χ0) is 20.4. The second-order valence-corrected chi connectivity index (χ2v) is 8.62. The first kappa shape index (κ1) is 19.8. The van der Waals surface area contributed by atoms with Gasteiger partial charge in [0.1, 0.15) is 11.6 Å². The molecule has 1 aromatic heterocycles. The van der Waals surface area contributed by atoms with Crippen LogP contribution in [0.4, 0.5) is 5.69 Å². The van der Waals surface area contributed by atoms with Gasteiger partial charge in [0.25, 0.3) is 0 Å². The van der Waals surface area contributed by atoms with Crippen molar-refractivity contribution in [1.29, 1.82) is 0 Å². The molecule has 1 N–H and O–H groups in total. The lowest BCUT2D eigenvalue weighted by Gasteiger charge is -2.15. The number of aromatic nitrogens is 3. The van der Waals surface area contributed by atoms with Crippen LogP contribution >= 0.6 is 23.4 Å². The van der Waals surface area contributed by atoms with Crippen molar-refractivity contribution in [3.8, 4) is 11.4 Å². The van der Waals surface area contributed by atoms with E-state index in [1.54, 1.807) is 25.3 Å². The third kappa shape index (κ3) is 4.41. The van der Waals surface area contributed by atoms with Gasteiger partial charge in [0.05, 0.1) is 18.0 Å². The minimum absolute atomic E-state index is 0.161. The standard InChI is InChI=1S/C21H21ClN4O2S/c1-13(20(27)23-17-12-15(22)10-11-18(17)28-2)29-21-25-24-19(14-8-9-14)26(21)16-6-4-3-5-7-16/h3-7,10-14H,8-9H2,1-2H3,(H,23,27). The zero-order valence-electron chi connectivity index (χ0n) is 16.1. The highest BCUT2D eigenvalue weighted by Gasteiger charge is 2.32. The van der Waals surface area contributed by atoms with E-state index in [0.717, 1.165) is 24.4 Å². The van der Waals surface area contributed by atoms with Crippen LogP contribution in [-0.2, 0) is 4.79 Å². The molecule has 0 aliphatic heterocycles. The highest BCUT2D eigenvalue weighted by atomic mass is 35.5. The van der Waals surface area contributed by atoms with Crippen molar-refractivity contribution in [1.82, 2.24) is 14.8 Å². The molecule has 1 aliphatic carbocycles. The fraction of sp³-hybridized carbons (Fsp3) is 0.286. The Morgan fingerprint density at radius 3 is 2.69 bits per heavy atom. The van der Waals surface area contributed by atoms with Gasteiger partial charge in [-0.2, -0.15) is 0 Å². The Balaban J connectivity index is 1.55. The van der Waals surface area contributed by atoms with Crippen LogP contribution < -0.4 is 10.1 Å². The summed E-state index contributed by atoms with van der Waals surface area (Å²) in [7, 11) is 1.55. The van der Waals surface area contributed by atoms with Crippen molar-refractivity contribution in [2.75, 3.05) is 12.4 Å². The number of thioether (sulfide) groups is 1. The van der Waals surface area contributed by atoms with Gasteiger partial charge < -0.3 is 10.1 Å². The van der Waals surface area contributed by atoms with Gasteiger partial charge in [-0.25, -0.2) is 0 Å². The van der Waals surface area contributed by atoms with Crippen molar-refractivity contribution in [2.45, 2.75) is 36.1 Å². The third-order valence-electron chi connectivity index (χ3n) is 4.69. The Morgan fingerprint density at radius 1 is 1.24 bits per heavy atom. The Morgan fingerprint density at radius 2 is 2.00 bits per heavy atom. The summed E-state index contributed by atoms with van der Waals surface area (Å²) in [6.07, 6.45) is 2.25. The van der Waals surface area contributed by atoms with E-state index in [0.29, 0.717) is 27.5 Å². The van der Waals surface area contributed by atoms with E-state index in [4.69, 9.17) is 16.3 Å². The molecule has 0 bridgehead atoms. The second kappa shape index (κ2) is 8.47. The second-order valence-electron chi connectivity index (χ2n) is 6.88. The maximum atomic E-state index is 12.8. The first-order valence-electron chi connectivity index (χ1n) is 9.38. The zero-order valence-corrected chi connectivity index (χ0v) is 17.7. The van der Waals surface area contributed by atoms with E-state index in [-0.39, 0.29) is 5.91 Å². The number of carbonyl (C=O) groups is 1. The topological polar surface area (TPSA) is 69.0 Å². The molecule has 4 rings (SSSR count). The number of rotatable bonds is 7. The summed E-state index contributed by atoms with van der Waals surface area (Å²) in [6.45, 7) is 1.85. The first-order chi connectivity index (χ1) is 14.1. The molecule has 1 unspecified atom stereocenters. The van der Waals surface area contributed by atoms with E-state index < -0.39 is 5.25 Å². The van der Waals surface area contributed by atoms with Crippen molar-refractivity contribution in [3.05, 3.63) is 59.4 Å². The molecule has 8 heteroatoms. The number of methoxy groups -OCH3 is 1. The summed E-state index contributed by atoms with van der Waals surface area (Å²) >= 11 is 7.44. The molecule has 1 saturated carbocycles. The quantitative estimate of drug-likeness (QED) is 0.540. The van der Waals surface area contributed by atoms with Gasteiger partial charge in [0.2, 0.25) is 5.91 Å². The fourth-order valence-corrected chi connectivity index (χ4v) is 4.05. The molecule has 0 saturated heterocycles. The van der Waals surface area contributed by atoms with Crippen LogP contribution in [-0.4, -0.2) is 33.0 Å². The van der Waals surface area contributed by atoms with Crippen LogP contribution in [0, 0.1) is 0 Å². The first-order valence-corrected chi connectivity index (χ1v) is 10.6. The van der Waals surface area contributed by atoms with Crippen LogP contribution in [0.15, 0.2) is 53.7 Å². The molecule has 1 fully saturated rings. The Kier molecular flexibility index (Phi) is 5.78. The van der Waals surface area contributed by atoms with E-state index in [2.05, 4.69) is 20.1 Å². The summed E-state index contributed by atoms with van der Waals surface area (Å²) in [5.41, 5.74) is 1.55. The molecule has 1 aliphatic rings. The number of anilines is 1. The number of para-hydroxylation sites is 1. The van der Waals surface area contributed by atoms with Gasteiger partial charge >= 0.3 is 0 Å². The van der Waals surface area contributed by atoms with Gasteiger partial charge in [-0.05, 0) is 50.1 Å². The molecular weight excluding hydrogens is 408 g/mol. The highest BCUT2D eigenvalue weighted by Crippen LogP contribution is 2.41. The summed E-state index contributed by atoms with van der Waals surface area (Å²) in [5.74, 6) is 1.80. The van der Waals surface area contributed by atoms with Gasteiger partial charge in [-0.1, -0.05) is 41.6 Å². The minimum atomic E-state index is -0.391. The van der Waals surface area contributed by atoms with Crippen molar-refractivity contribution < 1.29 is 9.53 Å².